The summed E-state index contributed by atoms with van der Waals surface area (Å²) in [6.45, 7) is 0. The number of carbonyl (C=O) groups excluding carboxylic acids is 2. The number of sulfone groups is 1. The molecule has 0 spiro atoms. The Balaban J connectivity index is 2.47. The Morgan fingerprint density at radius 3 is 1.24 bits per heavy atom. The molecule has 0 aromatic heterocycles. The molecule has 0 aromatic carbocycles. The third kappa shape index (κ3) is 3.75. The third-order valence-corrected chi connectivity index (χ3v) is 5.32. The van der Waals surface area contributed by atoms with E-state index < -0.39 is 67.6 Å². The van der Waals surface area contributed by atoms with Crippen LogP contribution in [0.4, 0.5) is 26.3 Å². The van der Waals surface area contributed by atoms with E-state index in [2.05, 4.69) is 0 Å². The number of carbonyl (C=O) groups is 2. The van der Waals surface area contributed by atoms with Crippen molar-refractivity contribution in [1.29, 1.82) is 0 Å². The van der Waals surface area contributed by atoms with Crippen molar-refractivity contribution in [3.8, 4) is 0 Å². The van der Waals surface area contributed by atoms with Crippen molar-refractivity contribution in [2.24, 2.45) is 0 Å². The summed E-state index contributed by atoms with van der Waals surface area (Å²) in [7, 11) is -4.82. The minimum atomic E-state index is -4.83. The molecule has 0 fully saturated rings. The summed E-state index contributed by atoms with van der Waals surface area (Å²) < 4.78 is 99.7. The van der Waals surface area contributed by atoms with Crippen molar-refractivity contribution in [3.05, 3.63) is 45.3 Å². The molecule has 0 heterocycles. The number of hydrogen-bond acceptors (Lipinski definition) is 4. The summed E-state index contributed by atoms with van der Waals surface area (Å²) >= 11 is 0. The Morgan fingerprint density at radius 2 is 1.00 bits per heavy atom. The predicted octanol–water partition coefficient (Wildman–Crippen LogP) is 3.09. The zero-order chi connectivity index (χ0) is 19.2. The summed E-state index contributed by atoms with van der Waals surface area (Å²) in [5.74, 6) is -2.79. The Bertz CT molecular complexity index is 800. The monoisotopic (exact) mass is 386 g/mol. The first-order valence-corrected chi connectivity index (χ1v) is 8.00. The summed E-state index contributed by atoms with van der Waals surface area (Å²) in [6.07, 6.45) is -10.5. The Hall–Kier alpha value is -2.17. The van der Waals surface area contributed by atoms with E-state index in [1.54, 1.807) is 0 Å². The maximum absolute atomic E-state index is 12.5. The summed E-state index contributed by atoms with van der Waals surface area (Å²) in [6, 6.07) is 0. The van der Waals surface area contributed by atoms with Crippen LogP contribution in [0.1, 0.15) is 12.8 Å². The molecule has 0 aliphatic heterocycles. The minimum Gasteiger partial charge on any atom is -0.293 e. The second-order valence-electron chi connectivity index (χ2n) is 5.14. The van der Waals surface area contributed by atoms with Gasteiger partial charge in [-0.3, -0.25) is 9.59 Å². The van der Waals surface area contributed by atoms with Crippen LogP contribution in [-0.4, -0.2) is 32.3 Å². The van der Waals surface area contributed by atoms with Crippen LogP contribution >= 0.6 is 0 Å². The third-order valence-electron chi connectivity index (χ3n) is 3.43. The lowest BCUT2D eigenvalue weighted by atomic mass is 10.0. The molecular weight excluding hydrogens is 378 g/mol. The number of allylic oxidation sites excluding steroid dienone is 8. The van der Waals surface area contributed by atoms with Crippen LogP contribution in [0.25, 0.3) is 0 Å². The molecular formula is C14H8F6O4S. The van der Waals surface area contributed by atoms with Crippen LogP contribution in [0.15, 0.2) is 45.3 Å². The number of alkyl halides is 6. The van der Waals surface area contributed by atoms with Crippen molar-refractivity contribution in [1.82, 2.24) is 0 Å². The fourth-order valence-electron chi connectivity index (χ4n) is 2.16. The van der Waals surface area contributed by atoms with Gasteiger partial charge in [-0.15, -0.1) is 0 Å². The zero-order valence-electron chi connectivity index (χ0n) is 12.0. The van der Waals surface area contributed by atoms with Gasteiger partial charge in [0.25, 0.3) is 0 Å². The summed E-state index contributed by atoms with van der Waals surface area (Å²) in [4.78, 5) is 21.4. The van der Waals surface area contributed by atoms with Gasteiger partial charge < -0.3 is 0 Å². The molecule has 0 aromatic rings. The van der Waals surface area contributed by atoms with E-state index >= 15 is 0 Å². The van der Waals surface area contributed by atoms with Gasteiger partial charge in [-0.05, 0) is 12.2 Å². The molecule has 4 nitrogen and oxygen atoms in total. The van der Waals surface area contributed by atoms with E-state index in [1.165, 1.54) is 0 Å². The van der Waals surface area contributed by atoms with Gasteiger partial charge in [0, 0.05) is 24.0 Å². The first-order chi connectivity index (χ1) is 11.2. The molecule has 25 heavy (non-hydrogen) atoms. The number of Topliss-reactive ketones (excluding diaryl/α,β-unsaturated/α-hetero) is 2. The molecule has 11 heteroatoms. The largest absolute Gasteiger partial charge is 0.413 e. The Morgan fingerprint density at radius 1 is 0.680 bits per heavy atom. The van der Waals surface area contributed by atoms with Crippen molar-refractivity contribution < 1.29 is 44.3 Å². The van der Waals surface area contributed by atoms with E-state index in [0.717, 1.165) is 0 Å². The van der Waals surface area contributed by atoms with Gasteiger partial charge in [-0.1, -0.05) is 12.2 Å². The van der Waals surface area contributed by atoms with Crippen LogP contribution in [0.5, 0.6) is 0 Å². The Labute approximate surface area is 137 Å². The minimum absolute atomic E-state index is 0.388. The first kappa shape index (κ1) is 19.2. The average Bonchev–Trinajstić information content (AvgIpc) is 2.44. The van der Waals surface area contributed by atoms with Crippen molar-refractivity contribution >= 4 is 21.4 Å². The van der Waals surface area contributed by atoms with Crippen molar-refractivity contribution in [3.63, 3.8) is 0 Å². The molecule has 0 unspecified atom stereocenters. The Kier molecular flexibility index (Phi) is 4.58. The van der Waals surface area contributed by atoms with Crippen LogP contribution in [0.3, 0.4) is 0 Å². The van der Waals surface area contributed by atoms with Gasteiger partial charge in [0.1, 0.15) is 9.81 Å². The molecule has 2 aliphatic carbocycles. The van der Waals surface area contributed by atoms with Crippen molar-refractivity contribution in [2.75, 3.05) is 0 Å². The predicted molar refractivity (Wildman–Crippen MR) is 72.6 cm³/mol. The zero-order valence-corrected chi connectivity index (χ0v) is 12.8. The second-order valence-corrected chi connectivity index (χ2v) is 7.03. The van der Waals surface area contributed by atoms with E-state index in [1.807, 2.05) is 0 Å². The fourth-order valence-corrected chi connectivity index (χ4v) is 3.64. The highest BCUT2D eigenvalue weighted by Gasteiger charge is 2.43. The number of rotatable bonds is 2. The fraction of sp³-hybridized carbons (Fsp3) is 0.286. The molecule has 2 rings (SSSR count). The summed E-state index contributed by atoms with van der Waals surface area (Å²) in [5.41, 5.74) is -2.53. The van der Waals surface area contributed by atoms with Crippen LogP contribution in [0.2, 0.25) is 0 Å². The van der Waals surface area contributed by atoms with Gasteiger partial charge in [0.15, 0.2) is 11.6 Å². The molecule has 0 atom stereocenters. The molecule has 136 valence electrons. The quantitative estimate of drug-likeness (QED) is 0.684. The molecule has 0 N–H and O–H groups in total. The van der Waals surface area contributed by atoms with E-state index in [-0.39, 0.29) is 0 Å². The standard InChI is InChI=1S/C14H8F6O4S/c15-13(16,17)7-1-3-11(9(21)5-7)25(23,24)12-4-2-8(6-10(12)22)14(18,19)20/h1-4H,5-6H2. The number of ketones is 2. The van der Waals surface area contributed by atoms with Gasteiger partial charge in [0.2, 0.25) is 9.84 Å². The van der Waals surface area contributed by atoms with Gasteiger partial charge >= 0.3 is 12.4 Å². The molecule has 2 aliphatic rings. The maximum Gasteiger partial charge on any atom is 0.413 e. The molecule has 0 saturated heterocycles. The lowest BCUT2D eigenvalue weighted by Gasteiger charge is -2.19. The second kappa shape index (κ2) is 5.97. The number of halogens is 6. The van der Waals surface area contributed by atoms with E-state index in [0.29, 0.717) is 24.3 Å². The molecule has 0 radical (unpaired) electrons. The van der Waals surface area contributed by atoms with Gasteiger partial charge in [-0.25, -0.2) is 8.42 Å². The number of hydrogen-bond donors (Lipinski definition) is 0. The molecule has 0 saturated carbocycles. The van der Waals surface area contributed by atoms with E-state index in [9.17, 15) is 44.3 Å². The lowest BCUT2D eigenvalue weighted by Crippen LogP contribution is -2.27. The smallest absolute Gasteiger partial charge is 0.293 e. The van der Waals surface area contributed by atoms with Gasteiger partial charge in [-0.2, -0.15) is 26.3 Å². The van der Waals surface area contributed by atoms with Crippen molar-refractivity contribution in [2.45, 2.75) is 25.2 Å². The van der Waals surface area contributed by atoms with Gasteiger partial charge in [0.05, 0.1) is 0 Å². The highest BCUT2D eigenvalue weighted by molar-refractivity contribution is 8.00. The highest BCUT2D eigenvalue weighted by Crippen LogP contribution is 2.37. The van der Waals surface area contributed by atoms with Crippen LogP contribution < -0.4 is 0 Å². The van der Waals surface area contributed by atoms with Crippen LogP contribution in [0, 0.1) is 0 Å². The highest BCUT2D eigenvalue weighted by atomic mass is 32.2. The molecule has 0 bridgehead atoms. The maximum atomic E-state index is 12.5. The normalized spacial score (nSPS) is 19.9. The lowest BCUT2D eigenvalue weighted by molar-refractivity contribution is -0.119. The average molecular weight is 386 g/mol. The molecule has 0 amide bonds. The first-order valence-electron chi connectivity index (χ1n) is 6.52. The van der Waals surface area contributed by atoms with Crippen LogP contribution in [-0.2, 0) is 19.4 Å². The SMILES string of the molecule is O=C1CC(C(F)(F)F)=CC=C1S(=O)(=O)C1=CC=C(C(F)(F)F)CC1=O. The van der Waals surface area contributed by atoms with E-state index in [4.69, 9.17) is 0 Å². The topological polar surface area (TPSA) is 68.3 Å². The summed E-state index contributed by atoms with van der Waals surface area (Å²) in [5, 5.41) is 0.